The molecule has 4 heteroatoms. The summed E-state index contributed by atoms with van der Waals surface area (Å²) >= 11 is 0. The Bertz CT molecular complexity index is 2510. The van der Waals surface area contributed by atoms with E-state index >= 15 is 0 Å². The summed E-state index contributed by atoms with van der Waals surface area (Å²) in [4.78, 5) is 10.1. The van der Waals surface area contributed by atoms with Crippen molar-refractivity contribution in [2.24, 2.45) is 0 Å². The third-order valence-corrected chi connectivity index (χ3v) is 9.66. The van der Waals surface area contributed by atoms with Crippen LogP contribution in [0.5, 0.6) is 11.6 Å². The molecule has 0 fully saturated rings. The Kier molecular flexibility index (Phi) is 4.23. The summed E-state index contributed by atoms with van der Waals surface area (Å²) < 4.78 is 8.64. The number of aromatic nitrogens is 3. The first-order valence-corrected chi connectivity index (χ1v) is 14.8. The van der Waals surface area contributed by atoms with Gasteiger partial charge in [0.25, 0.3) is 0 Å². The molecule has 0 amide bonds. The number of nitrogens with zero attached hydrogens (tertiary/aromatic N) is 3. The molecule has 0 saturated carbocycles. The molecule has 2 aromatic heterocycles. The van der Waals surface area contributed by atoms with E-state index < -0.39 is 0 Å². The van der Waals surface area contributed by atoms with E-state index in [0.717, 1.165) is 38.7 Å². The van der Waals surface area contributed by atoms with Crippen molar-refractivity contribution >= 4 is 43.4 Å². The number of hydrogen-bond acceptors (Lipinski definition) is 3. The molecule has 1 aliphatic heterocycles. The molecule has 4 nitrogen and oxygen atoms in total. The van der Waals surface area contributed by atoms with Crippen LogP contribution in [0, 0.1) is 0 Å². The summed E-state index contributed by atoms with van der Waals surface area (Å²) in [5, 5.41) is 7.22. The van der Waals surface area contributed by atoms with Crippen molar-refractivity contribution in [3.63, 3.8) is 0 Å². The van der Waals surface area contributed by atoms with Gasteiger partial charge in [-0.15, -0.1) is 0 Å². The van der Waals surface area contributed by atoms with E-state index in [1.807, 2.05) is 18.3 Å². The highest BCUT2D eigenvalue weighted by Crippen LogP contribution is 2.53. The molecule has 10 rings (SSSR count). The Morgan fingerprint density at radius 2 is 1.42 bits per heavy atom. The molecule has 0 saturated heterocycles. The molecule has 0 atom stereocenters. The first-order chi connectivity index (χ1) is 21.1. The van der Waals surface area contributed by atoms with Crippen LogP contribution in [0.3, 0.4) is 0 Å². The Balaban J connectivity index is 1.25. The lowest BCUT2D eigenvalue weighted by Crippen LogP contribution is -2.15. The summed E-state index contributed by atoms with van der Waals surface area (Å²) in [6.07, 6.45) is 1.92. The van der Waals surface area contributed by atoms with E-state index in [1.165, 1.54) is 43.8 Å². The quantitative estimate of drug-likeness (QED) is 0.204. The maximum absolute atomic E-state index is 6.44. The van der Waals surface area contributed by atoms with Gasteiger partial charge in [0.15, 0.2) is 0 Å². The summed E-state index contributed by atoms with van der Waals surface area (Å²) in [5.74, 6) is 2.02. The molecule has 0 spiro atoms. The highest BCUT2D eigenvalue weighted by molar-refractivity contribution is 6.13. The minimum Gasteiger partial charge on any atom is -0.438 e. The number of fused-ring (bicyclic) bond motifs is 10. The van der Waals surface area contributed by atoms with Gasteiger partial charge in [-0.2, -0.15) is 4.98 Å². The van der Waals surface area contributed by atoms with Crippen LogP contribution in [0.4, 0.5) is 0 Å². The predicted molar refractivity (Wildman–Crippen MR) is 174 cm³/mol. The van der Waals surface area contributed by atoms with Crippen LogP contribution in [0.25, 0.3) is 71.6 Å². The summed E-state index contributed by atoms with van der Waals surface area (Å²) in [7, 11) is 0. The van der Waals surface area contributed by atoms with Crippen molar-refractivity contribution in [2.45, 2.75) is 19.3 Å². The second-order valence-electron chi connectivity index (χ2n) is 12.3. The van der Waals surface area contributed by atoms with Crippen LogP contribution >= 0.6 is 0 Å². The van der Waals surface area contributed by atoms with E-state index in [0.29, 0.717) is 11.8 Å². The topological polar surface area (TPSA) is 39.9 Å². The van der Waals surface area contributed by atoms with Gasteiger partial charge >= 0.3 is 0 Å². The normalized spacial score (nSPS) is 14.2. The van der Waals surface area contributed by atoms with Crippen molar-refractivity contribution < 1.29 is 4.74 Å². The van der Waals surface area contributed by atoms with Crippen LogP contribution in [0.2, 0.25) is 0 Å². The van der Waals surface area contributed by atoms with E-state index in [-0.39, 0.29) is 5.41 Å². The van der Waals surface area contributed by atoms with Crippen LogP contribution < -0.4 is 4.74 Å². The third kappa shape index (κ3) is 2.90. The summed E-state index contributed by atoms with van der Waals surface area (Å²) in [5.41, 5.74) is 9.41. The van der Waals surface area contributed by atoms with Gasteiger partial charge in [-0.1, -0.05) is 98.8 Å². The van der Waals surface area contributed by atoms with Gasteiger partial charge in [-0.25, -0.2) is 4.98 Å². The number of benzene rings is 6. The minimum absolute atomic E-state index is 0.146. The van der Waals surface area contributed by atoms with E-state index in [2.05, 4.69) is 115 Å². The van der Waals surface area contributed by atoms with Gasteiger partial charge in [0.2, 0.25) is 11.8 Å². The zero-order valence-corrected chi connectivity index (χ0v) is 23.7. The maximum atomic E-state index is 6.44. The fourth-order valence-electron chi connectivity index (χ4n) is 7.63. The lowest BCUT2D eigenvalue weighted by molar-refractivity contribution is 0.464. The van der Waals surface area contributed by atoms with Crippen molar-refractivity contribution in [1.82, 2.24) is 14.5 Å². The van der Waals surface area contributed by atoms with Gasteiger partial charge in [0, 0.05) is 33.3 Å². The fourth-order valence-corrected chi connectivity index (χ4v) is 7.63. The van der Waals surface area contributed by atoms with Crippen LogP contribution in [-0.4, -0.2) is 14.5 Å². The fraction of sp³-hybridized carbons (Fsp3) is 0.0769. The molecule has 0 bridgehead atoms. The molecule has 0 radical (unpaired) electrons. The third-order valence-electron chi connectivity index (χ3n) is 9.66. The molecule has 8 aromatic rings. The SMILES string of the molecule is CC1(C)c2cc3c(cc2-c2c1ccc1ccccc21)c1ccccc1n3-c1ncc2c(n1)Oc1cccc3cccc-2c13. The molecule has 3 heterocycles. The summed E-state index contributed by atoms with van der Waals surface area (Å²) in [6, 6.07) is 39.1. The average molecular weight is 552 g/mol. The lowest BCUT2D eigenvalue weighted by atomic mass is 9.82. The number of hydrogen-bond donors (Lipinski definition) is 0. The maximum Gasteiger partial charge on any atom is 0.237 e. The second-order valence-corrected chi connectivity index (χ2v) is 12.3. The van der Waals surface area contributed by atoms with Crippen LogP contribution in [-0.2, 0) is 5.41 Å². The van der Waals surface area contributed by atoms with Crippen molar-refractivity contribution in [2.75, 3.05) is 0 Å². The van der Waals surface area contributed by atoms with Crippen molar-refractivity contribution in [3.05, 3.63) is 127 Å². The van der Waals surface area contributed by atoms with Crippen LogP contribution in [0.1, 0.15) is 25.0 Å². The molecule has 0 N–H and O–H groups in total. The van der Waals surface area contributed by atoms with Gasteiger partial charge in [0.05, 0.1) is 16.6 Å². The largest absolute Gasteiger partial charge is 0.438 e. The smallest absolute Gasteiger partial charge is 0.237 e. The predicted octanol–water partition coefficient (Wildman–Crippen LogP) is 9.96. The monoisotopic (exact) mass is 551 g/mol. The molecule has 0 unspecified atom stereocenters. The lowest BCUT2D eigenvalue weighted by Gasteiger charge is -2.22. The number of ether oxygens (including phenoxy) is 1. The van der Waals surface area contributed by atoms with E-state index in [1.54, 1.807) is 0 Å². The molecular weight excluding hydrogens is 526 g/mol. The minimum atomic E-state index is -0.146. The Morgan fingerprint density at radius 1 is 0.628 bits per heavy atom. The Hall–Kier alpha value is -5.48. The Labute approximate surface area is 247 Å². The zero-order chi connectivity index (χ0) is 28.4. The second kappa shape index (κ2) is 7.87. The highest BCUT2D eigenvalue weighted by atomic mass is 16.5. The number of para-hydroxylation sites is 1. The molecular formula is C39H25N3O. The molecule has 6 aromatic carbocycles. The summed E-state index contributed by atoms with van der Waals surface area (Å²) in [6.45, 7) is 4.68. The first-order valence-electron chi connectivity index (χ1n) is 14.8. The molecule has 2 aliphatic rings. The molecule has 202 valence electrons. The zero-order valence-electron chi connectivity index (χ0n) is 23.7. The molecule has 1 aliphatic carbocycles. The van der Waals surface area contributed by atoms with Gasteiger partial charge in [0.1, 0.15) is 5.75 Å². The standard InChI is InChI=1S/C39H25N3O/c1-39(2)30-18-17-22-9-3-4-12-24(22)36(30)28-19-27-25-13-5-6-15-32(25)42(33(27)20-31(28)39)38-40-21-29-26-14-7-10-23-11-8-16-34(35(23)26)43-37(29)41-38/h3-21H,1-2H3. The van der Waals surface area contributed by atoms with E-state index in [4.69, 9.17) is 14.7 Å². The Morgan fingerprint density at radius 3 is 2.33 bits per heavy atom. The van der Waals surface area contributed by atoms with Crippen LogP contribution in [0.15, 0.2) is 115 Å². The highest BCUT2D eigenvalue weighted by Gasteiger charge is 2.37. The van der Waals surface area contributed by atoms with Gasteiger partial charge < -0.3 is 4.74 Å². The van der Waals surface area contributed by atoms with Crippen molar-refractivity contribution in [1.29, 1.82) is 0 Å². The average Bonchev–Trinajstić information content (AvgIpc) is 3.48. The van der Waals surface area contributed by atoms with Gasteiger partial charge in [-0.05, 0) is 62.7 Å². The van der Waals surface area contributed by atoms with E-state index in [9.17, 15) is 0 Å². The van der Waals surface area contributed by atoms with Crippen molar-refractivity contribution in [3.8, 4) is 39.8 Å². The first kappa shape index (κ1) is 23.1. The molecule has 43 heavy (non-hydrogen) atoms. The number of rotatable bonds is 1. The van der Waals surface area contributed by atoms with Gasteiger partial charge in [-0.3, -0.25) is 4.57 Å².